The van der Waals surface area contributed by atoms with Gasteiger partial charge in [-0.1, -0.05) is 11.6 Å². The lowest BCUT2D eigenvalue weighted by Crippen LogP contribution is -2.36. The van der Waals surface area contributed by atoms with Crippen molar-refractivity contribution in [3.63, 3.8) is 0 Å². The van der Waals surface area contributed by atoms with Crippen LogP contribution in [-0.4, -0.2) is 23.2 Å². The lowest BCUT2D eigenvalue weighted by Gasteiger charge is -2.24. The normalized spacial score (nSPS) is 20.1. The summed E-state index contributed by atoms with van der Waals surface area (Å²) in [5.41, 5.74) is 0. The number of amides is 1. The van der Waals surface area contributed by atoms with Gasteiger partial charge in [0.25, 0.3) is 0 Å². The zero-order valence-electron chi connectivity index (χ0n) is 6.74. The van der Waals surface area contributed by atoms with Crippen molar-refractivity contribution in [3.8, 4) is 0 Å². The van der Waals surface area contributed by atoms with Crippen molar-refractivity contribution in [1.29, 1.82) is 0 Å². The molecule has 0 fully saturated rings. The van der Waals surface area contributed by atoms with E-state index in [1.54, 1.807) is 18.4 Å². The summed E-state index contributed by atoms with van der Waals surface area (Å²) in [5, 5.41) is 0.559. The van der Waals surface area contributed by atoms with Gasteiger partial charge in [-0.2, -0.15) is 0 Å². The summed E-state index contributed by atoms with van der Waals surface area (Å²) in [6.45, 7) is 0.584. The van der Waals surface area contributed by atoms with Crippen molar-refractivity contribution < 1.29 is 4.79 Å². The van der Waals surface area contributed by atoms with E-state index in [0.717, 1.165) is 0 Å². The molecule has 0 bridgehead atoms. The molecule has 0 aromatic rings. The monoisotopic (exact) mass is 262 g/mol. The molecule has 0 aliphatic carbocycles. The van der Waals surface area contributed by atoms with E-state index in [-0.39, 0.29) is 22.9 Å². The van der Waals surface area contributed by atoms with Crippen LogP contribution in [0.4, 0.5) is 0 Å². The average Bonchev–Trinajstić information content (AvgIpc) is 2.07. The fourth-order valence-corrected chi connectivity index (χ4v) is 1.34. The lowest BCUT2D eigenvalue weighted by atomic mass is 10.2. The van der Waals surface area contributed by atoms with Gasteiger partial charge < -0.3 is 0 Å². The molecular formula is C8H8BrClN2O. The van der Waals surface area contributed by atoms with Crippen molar-refractivity contribution in [3.05, 3.63) is 23.4 Å². The highest BCUT2D eigenvalue weighted by Crippen LogP contribution is 2.16. The lowest BCUT2D eigenvalue weighted by molar-refractivity contribution is -0.125. The third kappa shape index (κ3) is 2.00. The molecule has 2 aliphatic heterocycles. The van der Waals surface area contributed by atoms with Gasteiger partial charge in [0.2, 0.25) is 5.91 Å². The third-order valence-corrected chi connectivity index (χ3v) is 1.98. The minimum absolute atomic E-state index is 0. The Kier molecular flexibility index (Phi) is 3.27. The van der Waals surface area contributed by atoms with Crippen LogP contribution < -0.4 is 0 Å². The molecule has 2 heterocycles. The van der Waals surface area contributed by atoms with Gasteiger partial charge >= 0.3 is 0 Å². The molecule has 0 spiro atoms. The number of carbonyl (C=O) groups excluding carboxylic acids is 1. The number of carbonyl (C=O) groups is 1. The molecule has 1 amide bonds. The molecule has 0 radical (unpaired) electrons. The van der Waals surface area contributed by atoms with Gasteiger partial charge in [0.05, 0.1) is 11.6 Å². The predicted octanol–water partition coefficient (Wildman–Crippen LogP) is 1.85. The third-order valence-electron chi connectivity index (χ3n) is 1.76. The van der Waals surface area contributed by atoms with E-state index in [0.29, 0.717) is 23.8 Å². The first kappa shape index (κ1) is 10.5. The topological polar surface area (TPSA) is 32.7 Å². The Balaban J connectivity index is 0.000000845. The summed E-state index contributed by atoms with van der Waals surface area (Å²) in [6.07, 6.45) is 5.55. The Morgan fingerprint density at radius 3 is 3.00 bits per heavy atom. The maximum absolute atomic E-state index is 11.3. The van der Waals surface area contributed by atoms with Gasteiger partial charge in [-0.25, -0.2) is 0 Å². The van der Waals surface area contributed by atoms with E-state index < -0.39 is 0 Å². The van der Waals surface area contributed by atoms with E-state index in [1.807, 2.05) is 0 Å². The summed E-state index contributed by atoms with van der Waals surface area (Å²) in [6, 6.07) is 0. The number of allylic oxidation sites excluding steroid dienone is 2. The maximum Gasteiger partial charge on any atom is 0.234 e. The van der Waals surface area contributed by atoms with E-state index in [1.165, 1.54) is 4.90 Å². The fraction of sp³-hybridized carbons (Fsp3) is 0.250. The van der Waals surface area contributed by atoms with Crippen LogP contribution in [0, 0.1) is 0 Å². The molecule has 2 aliphatic rings. The van der Waals surface area contributed by atoms with Crippen molar-refractivity contribution in [2.24, 2.45) is 4.99 Å². The summed E-state index contributed by atoms with van der Waals surface area (Å²) < 4.78 is 0. The molecule has 0 N–H and O–H groups in total. The number of rotatable bonds is 0. The van der Waals surface area contributed by atoms with E-state index in [4.69, 9.17) is 11.6 Å². The van der Waals surface area contributed by atoms with Gasteiger partial charge in [-0.3, -0.25) is 14.7 Å². The van der Waals surface area contributed by atoms with Crippen LogP contribution in [-0.2, 0) is 4.79 Å². The van der Waals surface area contributed by atoms with Crippen molar-refractivity contribution in [2.75, 3.05) is 6.54 Å². The Morgan fingerprint density at radius 1 is 1.46 bits per heavy atom. The van der Waals surface area contributed by atoms with E-state index in [2.05, 4.69) is 4.99 Å². The minimum atomic E-state index is 0. The van der Waals surface area contributed by atoms with Crippen LogP contribution in [0.3, 0.4) is 0 Å². The average molecular weight is 264 g/mol. The van der Waals surface area contributed by atoms with Gasteiger partial charge in [0.1, 0.15) is 5.84 Å². The van der Waals surface area contributed by atoms with Gasteiger partial charge in [-0.15, -0.1) is 17.0 Å². The second kappa shape index (κ2) is 4.07. The molecule has 5 heteroatoms. The second-order valence-electron chi connectivity index (χ2n) is 2.60. The van der Waals surface area contributed by atoms with E-state index >= 15 is 0 Å². The zero-order chi connectivity index (χ0) is 8.55. The number of amidine groups is 1. The smallest absolute Gasteiger partial charge is 0.234 e. The Hall–Kier alpha value is -0.610. The molecule has 0 atom stereocenters. The van der Waals surface area contributed by atoms with Crippen LogP contribution in [0.2, 0.25) is 0 Å². The highest BCUT2D eigenvalue weighted by Gasteiger charge is 2.21. The summed E-state index contributed by atoms with van der Waals surface area (Å²) in [7, 11) is 0. The molecule has 0 saturated carbocycles. The van der Waals surface area contributed by atoms with Crippen LogP contribution in [0.25, 0.3) is 0 Å². The summed E-state index contributed by atoms with van der Waals surface area (Å²) in [5.74, 6) is 0.748. The Bertz CT molecular complexity index is 322. The molecule has 70 valence electrons. The van der Waals surface area contributed by atoms with Gasteiger partial charge in [0.15, 0.2) is 0 Å². The predicted molar refractivity (Wildman–Crippen MR) is 57.2 cm³/mol. The van der Waals surface area contributed by atoms with Crippen molar-refractivity contribution in [2.45, 2.75) is 6.42 Å². The van der Waals surface area contributed by atoms with Crippen LogP contribution in [0.5, 0.6) is 0 Å². The van der Waals surface area contributed by atoms with Gasteiger partial charge in [0, 0.05) is 12.6 Å². The summed E-state index contributed by atoms with van der Waals surface area (Å²) in [4.78, 5) is 16.9. The Labute approximate surface area is 91.5 Å². The molecule has 3 nitrogen and oxygen atoms in total. The maximum atomic E-state index is 11.3. The Morgan fingerprint density at radius 2 is 2.23 bits per heavy atom. The number of fused-ring (bicyclic) bond motifs is 1. The number of aliphatic imine (C=N–C) groups is 1. The number of hydrogen-bond acceptors (Lipinski definition) is 2. The van der Waals surface area contributed by atoms with Crippen LogP contribution in [0.15, 0.2) is 28.4 Å². The van der Waals surface area contributed by atoms with Gasteiger partial charge in [-0.05, 0) is 12.2 Å². The standard InChI is InChI=1S/C8H7ClN2O.BrH/c9-6-1-2-7-10-4-3-8(12)11(7)5-6;/h1-2,5H,3-4H2;1H. The summed E-state index contributed by atoms with van der Waals surface area (Å²) >= 11 is 5.73. The number of halogens is 2. The SMILES string of the molecule is Br.O=C1CCN=C2C=CC(Cl)=CN12. The first-order valence-electron chi connectivity index (χ1n) is 3.69. The molecule has 13 heavy (non-hydrogen) atoms. The largest absolute Gasteiger partial charge is 0.274 e. The molecule has 0 aromatic heterocycles. The van der Waals surface area contributed by atoms with Crippen molar-refractivity contribution >= 4 is 40.3 Å². The fourth-order valence-electron chi connectivity index (χ4n) is 1.18. The molecule has 0 unspecified atom stereocenters. The quantitative estimate of drug-likeness (QED) is 0.656. The van der Waals surface area contributed by atoms with E-state index in [9.17, 15) is 4.79 Å². The molecule has 0 saturated heterocycles. The number of nitrogens with zero attached hydrogens (tertiary/aromatic N) is 2. The first-order valence-corrected chi connectivity index (χ1v) is 4.07. The second-order valence-corrected chi connectivity index (χ2v) is 3.04. The molecule has 2 rings (SSSR count). The molecule has 0 aromatic carbocycles. The van der Waals surface area contributed by atoms with Crippen LogP contribution >= 0.6 is 28.6 Å². The highest BCUT2D eigenvalue weighted by molar-refractivity contribution is 8.93. The minimum Gasteiger partial charge on any atom is -0.274 e. The number of hydrogen-bond donors (Lipinski definition) is 0. The first-order chi connectivity index (χ1) is 5.77. The zero-order valence-corrected chi connectivity index (χ0v) is 9.20. The molecular weight excluding hydrogens is 255 g/mol. The van der Waals surface area contributed by atoms with Crippen LogP contribution in [0.1, 0.15) is 6.42 Å². The van der Waals surface area contributed by atoms with Crippen molar-refractivity contribution in [1.82, 2.24) is 4.90 Å². The highest BCUT2D eigenvalue weighted by atomic mass is 79.9.